The van der Waals surface area contributed by atoms with Gasteiger partial charge in [-0.05, 0) is 51.8 Å². The summed E-state index contributed by atoms with van der Waals surface area (Å²) in [6, 6.07) is 16.8. The first-order chi connectivity index (χ1) is 16.0. The van der Waals surface area contributed by atoms with E-state index in [9.17, 15) is 18.5 Å². The first-order valence-corrected chi connectivity index (χ1v) is 12.6. The highest BCUT2D eigenvalue weighted by Gasteiger charge is 2.44. The molecule has 3 unspecified atom stereocenters. The monoisotopic (exact) mass is 485 g/mol. The van der Waals surface area contributed by atoms with Crippen LogP contribution in [0.15, 0.2) is 59.5 Å². The zero-order valence-corrected chi connectivity index (χ0v) is 20.7. The number of carbonyl (C=O) groups is 1. The van der Waals surface area contributed by atoms with Crippen molar-refractivity contribution >= 4 is 16.2 Å². The van der Waals surface area contributed by atoms with Gasteiger partial charge in [-0.2, -0.15) is 13.7 Å². The SMILES string of the molecule is Cc1ccc(S(=O)(=O)OC2CC(C(C#N)NCc3ccccc3)N(C(=O)OC(C)(C)C)C2)cc1. The lowest BCUT2D eigenvalue weighted by molar-refractivity contribution is 0.0198. The normalized spacial score (nSPS) is 19.4. The summed E-state index contributed by atoms with van der Waals surface area (Å²) < 4.78 is 36.7. The quantitative estimate of drug-likeness (QED) is 0.595. The maximum atomic E-state index is 12.9. The Bertz CT molecular complexity index is 1120. The van der Waals surface area contributed by atoms with Gasteiger partial charge in [-0.15, -0.1) is 0 Å². The van der Waals surface area contributed by atoms with Gasteiger partial charge in [0, 0.05) is 6.54 Å². The Balaban J connectivity index is 1.79. The van der Waals surface area contributed by atoms with Gasteiger partial charge in [-0.25, -0.2) is 4.79 Å². The number of nitrogens with zero attached hydrogens (tertiary/aromatic N) is 2. The highest BCUT2D eigenvalue weighted by atomic mass is 32.2. The van der Waals surface area contributed by atoms with E-state index in [4.69, 9.17) is 8.92 Å². The van der Waals surface area contributed by atoms with Crippen LogP contribution in [0.3, 0.4) is 0 Å². The van der Waals surface area contributed by atoms with E-state index in [1.165, 1.54) is 17.0 Å². The maximum Gasteiger partial charge on any atom is 0.410 e. The second kappa shape index (κ2) is 10.6. The zero-order chi connectivity index (χ0) is 24.9. The van der Waals surface area contributed by atoms with Gasteiger partial charge in [0.1, 0.15) is 11.6 Å². The highest BCUT2D eigenvalue weighted by molar-refractivity contribution is 7.86. The molecule has 1 aliphatic heterocycles. The van der Waals surface area contributed by atoms with Gasteiger partial charge < -0.3 is 4.74 Å². The minimum absolute atomic E-state index is 0.00410. The number of carbonyl (C=O) groups excluding carboxylic acids is 1. The van der Waals surface area contributed by atoms with E-state index < -0.39 is 40.0 Å². The number of nitriles is 1. The van der Waals surface area contributed by atoms with Crippen molar-refractivity contribution in [3.8, 4) is 6.07 Å². The van der Waals surface area contributed by atoms with Gasteiger partial charge in [0.2, 0.25) is 0 Å². The molecule has 2 aromatic rings. The van der Waals surface area contributed by atoms with Crippen LogP contribution >= 0.6 is 0 Å². The van der Waals surface area contributed by atoms with E-state index in [-0.39, 0.29) is 17.9 Å². The third kappa shape index (κ3) is 6.79. The van der Waals surface area contributed by atoms with E-state index in [0.717, 1.165) is 11.1 Å². The van der Waals surface area contributed by atoms with Gasteiger partial charge in [-0.1, -0.05) is 48.0 Å². The molecular weight excluding hydrogens is 454 g/mol. The number of aryl methyl sites for hydroxylation is 1. The average molecular weight is 486 g/mol. The lowest BCUT2D eigenvalue weighted by Gasteiger charge is -2.30. The Morgan fingerprint density at radius 3 is 2.41 bits per heavy atom. The average Bonchev–Trinajstić information content (AvgIpc) is 3.17. The van der Waals surface area contributed by atoms with Crippen LogP contribution in [-0.4, -0.2) is 49.7 Å². The standard InChI is InChI=1S/C25H31N3O5S/c1-18-10-12-21(13-11-18)34(30,31)33-20-14-23(28(17-20)24(29)32-25(2,3)4)22(15-26)27-16-19-8-6-5-7-9-19/h5-13,20,22-23,27H,14,16-17H2,1-4H3. The topological polar surface area (TPSA) is 109 Å². The molecule has 182 valence electrons. The molecule has 3 atom stereocenters. The first-order valence-electron chi connectivity index (χ1n) is 11.1. The minimum Gasteiger partial charge on any atom is -0.444 e. The summed E-state index contributed by atoms with van der Waals surface area (Å²) in [6.45, 7) is 7.53. The van der Waals surface area contributed by atoms with Gasteiger partial charge >= 0.3 is 6.09 Å². The van der Waals surface area contributed by atoms with Crippen LogP contribution in [0.25, 0.3) is 0 Å². The largest absolute Gasteiger partial charge is 0.444 e. The van der Waals surface area contributed by atoms with Crippen LogP contribution in [0.1, 0.15) is 38.3 Å². The Labute approximate surface area is 201 Å². The van der Waals surface area contributed by atoms with Crippen LogP contribution in [0, 0.1) is 18.3 Å². The number of ether oxygens (including phenoxy) is 1. The fraction of sp³-hybridized carbons (Fsp3) is 0.440. The summed E-state index contributed by atoms with van der Waals surface area (Å²) in [5, 5.41) is 13.1. The maximum absolute atomic E-state index is 12.9. The second-order valence-electron chi connectivity index (χ2n) is 9.39. The summed E-state index contributed by atoms with van der Waals surface area (Å²) in [7, 11) is -4.04. The molecular formula is C25H31N3O5S. The van der Waals surface area contributed by atoms with Gasteiger partial charge in [0.15, 0.2) is 0 Å². The second-order valence-corrected chi connectivity index (χ2v) is 11.0. The molecule has 0 bridgehead atoms. The smallest absolute Gasteiger partial charge is 0.410 e. The fourth-order valence-corrected chi connectivity index (χ4v) is 4.85. The van der Waals surface area contributed by atoms with Crippen LogP contribution in [0.5, 0.6) is 0 Å². The molecule has 0 saturated carbocycles. The Morgan fingerprint density at radius 1 is 1.18 bits per heavy atom. The van der Waals surface area contributed by atoms with Crippen LogP contribution in [0.2, 0.25) is 0 Å². The molecule has 9 heteroatoms. The van der Waals surface area contributed by atoms with Crippen molar-refractivity contribution in [3.05, 3.63) is 65.7 Å². The summed E-state index contributed by atoms with van der Waals surface area (Å²) in [5.41, 5.74) is 1.17. The third-order valence-electron chi connectivity index (χ3n) is 5.40. The zero-order valence-electron chi connectivity index (χ0n) is 19.9. The highest BCUT2D eigenvalue weighted by Crippen LogP contribution is 2.28. The Hall–Kier alpha value is -2.93. The number of likely N-dealkylation sites (tertiary alicyclic amines) is 1. The summed E-state index contributed by atoms with van der Waals surface area (Å²) in [6.07, 6.45) is -1.25. The number of hydrogen-bond donors (Lipinski definition) is 1. The van der Waals surface area contributed by atoms with E-state index in [1.807, 2.05) is 37.3 Å². The van der Waals surface area contributed by atoms with E-state index >= 15 is 0 Å². The Kier molecular flexibility index (Phi) is 7.97. The molecule has 1 heterocycles. The molecule has 1 N–H and O–H groups in total. The van der Waals surface area contributed by atoms with Crippen molar-refractivity contribution < 1.29 is 22.1 Å². The molecule has 8 nitrogen and oxygen atoms in total. The lowest BCUT2D eigenvalue weighted by Crippen LogP contribution is -2.49. The number of hydrogen-bond acceptors (Lipinski definition) is 7. The summed E-state index contributed by atoms with van der Waals surface area (Å²) in [4.78, 5) is 14.4. The molecule has 0 aliphatic carbocycles. The van der Waals surface area contributed by atoms with Crippen molar-refractivity contribution in [2.24, 2.45) is 0 Å². The van der Waals surface area contributed by atoms with Crippen molar-refractivity contribution in [1.29, 1.82) is 5.26 Å². The third-order valence-corrected chi connectivity index (χ3v) is 6.77. The lowest BCUT2D eigenvalue weighted by atomic mass is 10.1. The molecule has 2 aromatic carbocycles. The molecule has 1 fully saturated rings. The molecule has 34 heavy (non-hydrogen) atoms. The van der Waals surface area contributed by atoms with E-state index in [0.29, 0.717) is 6.54 Å². The number of amides is 1. The first kappa shape index (κ1) is 25.7. The van der Waals surface area contributed by atoms with Crippen molar-refractivity contribution in [2.75, 3.05) is 6.54 Å². The molecule has 1 amide bonds. The predicted molar refractivity (Wildman–Crippen MR) is 127 cm³/mol. The summed E-state index contributed by atoms with van der Waals surface area (Å²) >= 11 is 0. The summed E-state index contributed by atoms with van der Waals surface area (Å²) in [5.74, 6) is 0. The molecule has 1 aliphatic rings. The van der Waals surface area contributed by atoms with E-state index in [1.54, 1.807) is 32.9 Å². The van der Waals surface area contributed by atoms with Gasteiger partial charge in [0.05, 0.1) is 29.7 Å². The van der Waals surface area contributed by atoms with Crippen LogP contribution < -0.4 is 5.32 Å². The molecule has 1 saturated heterocycles. The molecule has 3 rings (SSSR count). The van der Waals surface area contributed by atoms with Crippen LogP contribution in [-0.2, 0) is 25.6 Å². The number of rotatable bonds is 7. The molecule has 0 aromatic heterocycles. The van der Waals surface area contributed by atoms with Crippen molar-refractivity contribution in [2.45, 2.75) is 69.3 Å². The minimum atomic E-state index is -4.04. The van der Waals surface area contributed by atoms with Crippen LogP contribution in [0.4, 0.5) is 4.79 Å². The number of benzene rings is 2. The van der Waals surface area contributed by atoms with Crippen molar-refractivity contribution in [3.63, 3.8) is 0 Å². The van der Waals surface area contributed by atoms with Gasteiger partial charge in [-0.3, -0.25) is 14.4 Å². The van der Waals surface area contributed by atoms with Gasteiger partial charge in [0.25, 0.3) is 10.1 Å². The molecule has 0 spiro atoms. The Morgan fingerprint density at radius 2 is 1.82 bits per heavy atom. The fourth-order valence-electron chi connectivity index (χ4n) is 3.77. The van der Waals surface area contributed by atoms with E-state index in [2.05, 4.69) is 11.4 Å². The molecule has 0 radical (unpaired) electrons. The van der Waals surface area contributed by atoms with Crippen molar-refractivity contribution in [1.82, 2.24) is 10.2 Å². The predicted octanol–water partition coefficient (Wildman–Crippen LogP) is 3.76. The number of nitrogens with one attached hydrogen (secondary N) is 1.